The minimum atomic E-state index is -0.160. The first-order chi connectivity index (χ1) is 10.5. The zero-order chi connectivity index (χ0) is 15.9. The van der Waals surface area contributed by atoms with E-state index in [9.17, 15) is 4.79 Å². The van der Waals surface area contributed by atoms with Gasteiger partial charge in [-0.2, -0.15) is 0 Å². The van der Waals surface area contributed by atoms with E-state index in [-0.39, 0.29) is 5.91 Å². The van der Waals surface area contributed by atoms with Crippen LogP contribution < -0.4 is 4.90 Å². The predicted octanol–water partition coefficient (Wildman–Crippen LogP) is 5.77. The molecule has 7 heteroatoms. The molecule has 2 heterocycles. The zero-order valence-electron chi connectivity index (χ0n) is 11.3. The summed E-state index contributed by atoms with van der Waals surface area (Å²) in [5.41, 5.74) is 1.69. The van der Waals surface area contributed by atoms with Gasteiger partial charge in [-0.05, 0) is 48.2 Å². The number of thioether (sulfide) groups is 1. The third-order valence-corrected chi connectivity index (χ3v) is 5.91. The maximum absolute atomic E-state index is 12.7. The van der Waals surface area contributed by atoms with E-state index in [1.54, 1.807) is 29.5 Å². The Morgan fingerprint density at radius 3 is 2.68 bits per heavy atom. The van der Waals surface area contributed by atoms with E-state index in [4.69, 9.17) is 35.4 Å². The normalized spacial score (nSPS) is 16.9. The highest BCUT2D eigenvalue weighted by molar-refractivity contribution is 8.27. The first-order valence-corrected chi connectivity index (χ1v) is 9.10. The molecule has 2 nitrogen and oxygen atoms in total. The molecule has 1 fully saturated rings. The van der Waals surface area contributed by atoms with Crippen molar-refractivity contribution in [3.8, 4) is 0 Å². The second kappa shape index (κ2) is 6.34. The van der Waals surface area contributed by atoms with Crippen molar-refractivity contribution in [1.29, 1.82) is 0 Å². The maximum Gasteiger partial charge on any atom is 0.270 e. The molecule has 1 aromatic heterocycles. The molecule has 0 N–H and O–H groups in total. The molecule has 0 spiro atoms. The molecule has 1 aliphatic heterocycles. The maximum atomic E-state index is 12.7. The van der Waals surface area contributed by atoms with Crippen molar-refractivity contribution < 1.29 is 4.79 Å². The van der Waals surface area contributed by atoms with E-state index in [0.29, 0.717) is 25.0 Å². The van der Waals surface area contributed by atoms with Gasteiger partial charge in [0.25, 0.3) is 5.91 Å². The minimum Gasteiger partial charge on any atom is -0.268 e. The smallest absolute Gasteiger partial charge is 0.268 e. The van der Waals surface area contributed by atoms with E-state index in [0.717, 1.165) is 10.4 Å². The molecule has 0 atom stereocenters. The van der Waals surface area contributed by atoms with Crippen molar-refractivity contribution in [3.63, 3.8) is 0 Å². The summed E-state index contributed by atoms with van der Waals surface area (Å²) in [6.07, 6.45) is 1.88. The molecule has 2 aromatic rings. The summed E-state index contributed by atoms with van der Waals surface area (Å²) in [5.74, 6) is -0.160. The fourth-order valence-electron chi connectivity index (χ4n) is 1.99. The number of aryl methyl sites for hydroxylation is 1. The number of amides is 1. The highest BCUT2D eigenvalue weighted by Gasteiger charge is 2.34. The lowest BCUT2D eigenvalue weighted by Gasteiger charge is -2.16. The lowest BCUT2D eigenvalue weighted by Crippen LogP contribution is -2.27. The molecular weight excluding hydrogens is 377 g/mol. The number of nitrogens with zero attached hydrogens (tertiary/aromatic N) is 1. The molecular formula is C15H9Cl2NOS3. The van der Waals surface area contributed by atoms with Crippen LogP contribution in [0.25, 0.3) is 6.08 Å². The van der Waals surface area contributed by atoms with Crippen LogP contribution in [0, 0.1) is 6.92 Å². The van der Waals surface area contributed by atoms with E-state index < -0.39 is 0 Å². The molecule has 1 aliphatic rings. The van der Waals surface area contributed by atoms with Crippen molar-refractivity contribution in [3.05, 3.63) is 55.0 Å². The summed E-state index contributed by atoms with van der Waals surface area (Å²) >= 11 is 20.3. The predicted molar refractivity (Wildman–Crippen MR) is 101 cm³/mol. The number of anilines is 1. The molecule has 1 amide bonds. The lowest BCUT2D eigenvalue weighted by molar-refractivity contribution is -0.113. The molecule has 1 saturated heterocycles. The number of carbonyl (C=O) groups excluding carboxylic acids is 1. The van der Waals surface area contributed by atoms with Crippen LogP contribution >= 0.6 is 58.5 Å². The van der Waals surface area contributed by atoms with Gasteiger partial charge < -0.3 is 0 Å². The molecule has 112 valence electrons. The van der Waals surface area contributed by atoms with Gasteiger partial charge in [0.15, 0.2) is 4.32 Å². The topological polar surface area (TPSA) is 20.3 Å². The Balaban J connectivity index is 1.98. The molecule has 0 unspecified atom stereocenters. The second-order valence-corrected chi connectivity index (χ2v) is 8.05. The van der Waals surface area contributed by atoms with Crippen LogP contribution in [0.2, 0.25) is 10.0 Å². The van der Waals surface area contributed by atoms with Gasteiger partial charge in [0, 0.05) is 9.90 Å². The van der Waals surface area contributed by atoms with E-state index in [1.807, 2.05) is 24.4 Å². The number of thiocarbonyl (C=S) groups is 1. The van der Waals surface area contributed by atoms with Crippen molar-refractivity contribution in [2.24, 2.45) is 0 Å². The van der Waals surface area contributed by atoms with Crippen LogP contribution in [0.3, 0.4) is 0 Å². The van der Waals surface area contributed by atoms with Crippen molar-refractivity contribution in [1.82, 2.24) is 0 Å². The molecule has 0 saturated carbocycles. The van der Waals surface area contributed by atoms with Crippen molar-refractivity contribution in [2.45, 2.75) is 6.92 Å². The van der Waals surface area contributed by atoms with E-state index >= 15 is 0 Å². The monoisotopic (exact) mass is 385 g/mol. The molecule has 0 radical (unpaired) electrons. The van der Waals surface area contributed by atoms with Crippen LogP contribution in [0.15, 0.2) is 34.6 Å². The summed E-state index contributed by atoms with van der Waals surface area (Å²) < 4.78 is 0.467. The van der Waals surface area contributed by atoms with Crippen LogP contribution in [0.5, 0.6) is 0 Å². The number of carbonyl (C=O) groups is 1. The fraction of sp³-hybridized carbons (Fsp3) is 0.0667. The zero-order valence-corrected chi connectivity index (χ0v) is 15.3. The number of halogens is 2. The molecule has 22 heavy (non-hydrogen) atoms. The summed E-state index contributed by atoms with van der Waals surface area (Å²) in [4.78, 5) is 15.8. The highest BCUT2D eigenvalue weighted by Crippen LogP contribution is 2.40. The quantitative estimate of drug-likeness (QED) is 0.483. The van der Waals surface area contributed by atoms with Crippen LogP contribution in [-0.4, -0.2) is 10.2 Å². The van der Waals surface area contributed by atoms with E-state index in [2.05, 4.69) is 0 Å². The Morgan fingerprint density at radius 2 is 2.05 bits per heavy atom. The molecule has 1 aromatic carbocycles. The summed E-state index contributed by atoms with van der Waals surface area (Å²) in [6, 6.07) is 7.01. The summed E-state index contributed by atoms with van der Waals surface area (Å²) in [5, 5.41) is 2.92. The SMILES string of the molecule is Cc1ccsc1/C=C1\SC(=S)N(c2ccc(Cl)cc2Cl)C1=O. The first-order valence-electron chi connectivity index (χ1n) is 6.24. The van der Waals surface area contributed by atoms with Gasteiger partial charge in [-0.3, -0.25) is 9.69 Å². The average molecular weight is 386 g/mol. The Kier molecular flexibility index (Phi) is 4.61. The van der Waals surface area contributed by atoms with Gasteiger partial charge in [0.2, 0.25) is 0 Å². The number of hydrogen-bond donors (Lipinski definition) is 0. The highest BCUT2D eigenvalue weighted by atomic mass is 35.5. The van der Waals surface area contributed by atoms with Crippen molar-refractivity contribution >= 4 is 80.5 Å². The van der Waals surface area contributed by atoms with E-state index in [1.165, 1.54) is 16.7 Å². The van der Waals surface area contributed by atoms with Gasteiger partial charge in [-0.25, -0.2) is 0 Å². The number of thiophene rings is 1. The third kappa shape index (κ3) is 2.96. The molecule has 0 aliphatic carbocycles. The fourth-order valence-corrected chi connectivity index (χ4v) is 4.68. The van der Waals surface area contributed by atoms with Crippen LogP contribution in [0.1, 0.15) is 10.4 Å². The third-order valence-electron chi connectivity index (χ3n) is 3.11. The Labute approximate surface area is 151 Å². The Bertz CT molecular complexity index is 813. The van der Waals surface area contributed by atoms with Crippen molar-refractivity contribution in [2.75, 3.05) is 4.90 Å². The molecule has 0 bridgehead atoms. The number of benzene rings is 1. The lowest BCUT2D eigenvalue weighted by atomic mass is 10.2. The first kappa shape index (κ1) is 16.0. The average Bonchev–Trinajstić information content (AvgIpc) is 2.97. The van der Waals surface area contributed by atoms with Crippen LogP contribution in [0.4, 0.5) is 5.69 Å². The van der Waals surface area contributed by atoms with Gasteiger partial charge >= 0.3 is 0 Å². The van der Waals surface area contributed by atoms with Gasteiger partial charge in [0.1, 0.15) is 0 Å². The largest absolute Gasteiger partial charge is 0.270 e. The summed E-state index contributed by atoms with van der Waals surface area (Å²) in [6.45, 7) is 2.01. The van der Waals surface area contributed by atoms with Gasteiger partial charge in [0.05, 0.1) is 15.6 Å². The molecule has 3 rings (SSSR count). The number of hydrogen-bond acceptors (Lipinski definition) is 4. The van der Waals surface area contributed by atoms with Gasteiger partial charge in [-0.15, -0.1) is 11.3 Å². The minimum absolute atomic E-state index is 0.160. The Hall–Kier alpha value is -0.850. The Morgan fingerprint density at radius 1 is 1.27 bits per heavy atom. The number of rotatable bonds is 2. The van der Waals surface area contributed by atoms with Gasteiger partial charge in [-0.1, -0.05) is 47.2 Å². The second-order valence-electron chi connectivity index (χ2n) is 4.58. The summed E-state index contributed by atoms with van der Waals surface area (Å²) in [7, 11) is 0. The van der Waals surface area contributed by atoms with Crippen LogP contribution in [-0.2, 0) is 4.79 Å². The standard InChI is InChI=1S/C15H9Cl2NOS3/c1-8-4-5-21-12(8)7-13-14(19)18(15(20)22-13)11-3-2-9(16)6-10(11)17/h2-7H,1H3/b13-7-.